The first-order valence-electron chi connectivity index (χ1n) is 12.9. The smallest absolute Gasteiger partial charge is 0.264 e. The Labute approximate surface area is 236 Å². The Morgan fingerprint density at radius 3 is 2.20 bits per heavy atom. The second-order valence-electron chi connectivity index (χ2n) is 9.71. The Kier molecular flexibility index (Phi) is 10.2. The molecule has 0 saturated heterocycles. The maximum absolute atomic E-state index is 14.0. The number of anilines is 1. The molecule has 214 valence electrons. The molecule has 3 rings (SSSR count). The third kappa shape index (κ3) is 7.32. The number of carbonyl (C=O) groups excluding carboxylic acids is 2. The number of hydrogen-bond acceptors (Lipinski definition) is 6. The quantitative estimate of drug-likeness (QED) is 0.353. The summed E-state index contributed by atoms with van der Waals surface area (Å²) in [5.41, 5.74) is 1.83. The van der Waals surface area contributed by atoms with E-state index in [9.17, 15) is 18.0 Å². The summed E-state index contributed by atoms with van der Waals surface area (Å²) in [7, 11) is -1.22. The molecule has 0 aromatic heterocycles. The Hall–Kier alpha value is -4.05. The zero-order valence-corrected chi connectivity index (χ0v) is 24.6. The molecule has 10 heteroatoms. The van der Waals surface area contributed by atoms with Crippen molar-refractivity contribution in [2.75, 3.05) is 25.1 Å². The van der Waals surface area contributed by atoms with E-state index in [0.29, 0.717) is 5.75 Å². The number of rotatable bonds is 12. The first-order valence-corrected chi connectivity index (χ1v) is 14.4. The molecule has 0 aliphatic heterocycles. The Morgan fingerprint density at radius 2 is 1.57 bits per heavy atom. The van der Waals surface area contributed by atoms with Crippen LogP contribution >= 0.6 is 0 Å². The van der Waals surface area contributed by atoms with Gasteiger partial charge in [-0.05, 0) is 69.7 Å². The van der Waals surface area contributed by atoms with Crippen molar-refractivity contribution in [2.24, 2.45) is 0 Å². The topological polar surface area (TPSA) is 105 Å². The van der Waals surface area contributed by atoms with Crippen molar-refractivity contribution in [1.29, 1.82) is 0 Å². The molecule has 0 aliphatic rings. The van der Waals surface area contributed by atoms with Crippen LogP contribution in [-0.4, -0.2) is 58.0 Å². The summed E-state index contributed by atoms with van der Waals surface area (Å²) in [4.78, 5) is 28.5. The number of methoxy groups -OCH3 is 2. The second-order valence-corrected chi connectivity index (χ2v) is 11.6. The van der Waals surface area contributed by atoms with Crippen LogP contribution in [0.15, 0.2) is 77.7 Å². The van der Waals surface area contributed by atoms with E-state index >= 15 is 0 Å². The van der Waals surface area contributed by atoms with Crippen molar-refractivity contribution < 1.29 is 27.5 Å². The highest BCUT2D eigenvalue weighted by atomic mass is 32.2. The molecule has 9 nitrogen and oxygen atoms in total. The minimum atomic E-state index is -4.20. The van der Waals surface area contributed by atoms with Crippen LogP contribution in [0.3, 0.4) is 0 Å². The third-order valence-corrected chi connectivity index (χ3v) is 8.10. The van der Waals surface area contributed by atoms with Gasteiger partial charge in [0, 0.05) is 12.6 Å². The lowest BCUT2D eigenvalue weighted by Gasteiger charge is -2.32. The van der Waals surface area contributed by atoms with E-state index in [4.69, 9.17) is 9.47 Å². The lowest BCUT2D eigenvalue weighted by atomic mass is 10.1. The number of amides is 2. The first kappa shape index (κ1) is 30.5. The van der Waals surface area contributed by atoms with Gasteiger partial charge in [-0.25, -0.2) is 8.42 Å². The molecule has 0 fully saturated rings. The summed E-state index contributed by atoms with van der Waals surface area (Å²) in [6.07, 6.45) is 0. The number of hydrogen-bond donors (Lipinski definition) is 1. The van der Waals surface area contributed by atoms with Gasteiger partial charge in [-0.2, -0.15) is 0 Å². The SMILES string of the molecule is COc1cccc(CN(C(=O)CN(c2ccccc2OC)S(=O)(=O)c2ccc(C)cc2)C(C)C(=O)NC(C)C)c1. The molecule has 1 N–H and O–H groups in total. The highest BCUT2D eigenvalue weighted by Crippen LogP contribution is 2.32. The molecular formula is C30H37N3O6S. The molecule has 0 bridgehead atoms. The average molecular weight is 568 g/mol. The number of carbonyl (C=O) groups is 2. The van der Waals surface area contributed by atoms with Crippen molar-refractivity contribution in [2.45, 2.75) is 51.2 Å². The molecule has 2 amide bonds. The molecule has 0 saturated carbocycles. The van der Waals surface area contributed by atoms with E-state index in [1.54, 1.807) is 68.6 Å². The molecular weight excluding hydrogens is 530 g/mol. The predicted molar refractivity (Wildman–Crippen MR) is 155 cm³/mol. The van der Waals surface area contributed by atoms with Gasteiger partial charge < -0.3 is 19.7 Å². The normalized spacial score (nSPS) is 12.0. The van der Waals surface area contributed by atoms with Crippen molar-refractivity contribution in [1.82, 2.24) is 10.2 Å². The van der Waals surface area contributed by atoms with Crippen LogP contribution in [0, 0.1) is 6.92 Å². The first-order chi connectivity index (χ1) is 19.0. The molecule has 3 aromatic rings. The second kappa shape index (κ2) is 13.3. The summed E-state index contributed by atoms with van der Waals surface area (Å²) in [6, 6.07) is 19.1. The largest absolute Gasteiger partial charge is 0.497 e. The molecule has 3 aromatic carbocycles. The zero-order chi connectivity index (χ0) is 29.4. The lowest BCUT2D eigenvalue weighted by molar-refractivity contribution is -0.139. The summed E-state index contributed by atoms with van der Waals surface area (Å²) in [5.74, 6) is -0.0231. The number of ether oxygens (including phenoxy) is 2. The monoisotopic (exact) mass is 567 g/mol. The van der Waals surface area contributed by atoms with Crippen LogP contribution in [-0.2, 0) is 26.2 Å². The van der Waals surface area contributed by atoms with Crippen molar-refractivity contribution in [3.05, 3.63) is 83.9 Å². The number of benzene rings is 3. The van der Waals surface area contributed by atoms with Crippen LogP contribution in [0.2, 0.25) is 0 Å². The van der Waals surface area contributed by atoms with Crippen molar-refractivity contribution >= 4 is 27.5 Å². The molecule has 1 atom stereocenters. The number of nitrogens with zero attached hydrogens (tertiary/aromatic N) is 2. The van der Waals surface area contributed by atoms with Gasteiger partial charge in [0.2, 0.25) is 11.8 Å². The summed E-state index contributed by atoms with van der Waals surface area (Å²) >= 11 is 0. The van der Waals surface area contributed by atoms with Crippen molar-refractivity contribution in [3.8, 4) is 11.5 Å². The number of sulfonamides is 1. The molecule has 0 spiro atoms. The standard InChI is InChI=1S/C30H37N3O6S/c1-21(2)31-30(35)23(4)32(19-24-10-9-11-25(18-24)38-5)29(34)20-33(27-12-7-8-13-28(27)39-6)40(36,37)26-16-14-22(3)15-17-26/h7-18,21,23H,19-20H2,1-6H3,(H,31,35). The summed E-state index contributed by atoms with van der Waals surface area (Å²) < 4.78 is 39.7. The van der Waals surface area contributed by atoms with Crippen LogP contribution < -0.4 is 19.1 Å². The van der Waals surface area contributed by atoms with E-state index in [1.165, 1.54) is 24.1 Å². The maximum atomic E-state index is 14.0. The fourth-order valence-electron chi connectivity index (χ4n) is 4.14. The molecule has 0 aliphatic carbocycles. The third-order valence-electron chi connectivity index (χ3n) is 6.33. The van der Waals surface area contributed by atoms with Gasteiger partial charge in [0.25, 0.3) is 10.0 Å². The number of aryl methyl sites for hydroxylation is 1. The van der Waals surface area contributed by atoms with Crippen LogP contribution in [0.4, 0.5) is 5.69 Å². The van der Waals surface area contributed by atoms with Gasteiger partial charge in [0.05, 0.1) is 24.8 Å². The predicted octanol–water partition coefficient (Wildman–Crippen LogP) is 4.15. The van der Waals surface area contributed by atoms with Gasteiger partial charge in [-0.1, -0.05) is 42.0 Å². The minimum absolute atomic E-state index is 0.0294. The fourth-order valence-corrected chi connectivity index (χ4v) is 5.57. The Bertz CT molecular complexity index is 1420. The number of para-hydroxylation sites is 2. The van der Waals surface area contributed by atoms with Gasteiger partial charge in [0.15, 0.2) is 0 Å². The van der Waals surface area contributed by atoms with Crippen LogP contribution in [0.5, 0.6) is 11.5 Å². The van der Waals surface area contributed by atoms with E-state index in [-0.39, 0.29) is 34.8 Å². The van der Waals surface area contributed by atoms with Gasteiger partial charge in [0.1, 0.15) is 24.1 Å². The lowest BCUT2D eigenvalue weighted by Crippen LogP contribution is -2.52. The number of nitrogens with one attached hydrogen (secondary N) is 1. The van der Waals surface area contributed by atoms with E-state index in [0.717, 1.165) is 15.4 Å². The highest BCUT2D eigenvalue weighted by molar-refractivity contribution is 7.92. The Morgan fingerprint density at radius 1 is 0.900 bits per heavy atom. The molecule has 40 heavy (non-hydrogen) atoms. The zero-order valence-electron chi connectivity index (χ0n) is 23.7. The minimum Gasteiger partial charge on any atom is -0.497 e. The van der Waals surface area contributed by atoms with E-state index < -0.39 is 28.5 Å². The van der Waals surface area contributed by atoms with E-state index in [2.05, 4.69) is 5.32 Å². The van der Waals surface area contributed by atoms with Crippen LogP contribution in [0.1, 0.15) is 31.9 Å². The van der Waals surface area contributed by atoms with Gasteiger partial charge >= 0.3 is 0 Å². The maximum Gasteiger partial charge on any atom is 0.264 e. The summed E-state index contributed by atoms with van der Waals surface area (Å²) in [6.45, 7) is 6.65. The van der Waals surface area contributed by atoms with Crippen molar-refractivity contribution in [3.63, 3.8) is 0 Å². The molecule has 1 unspecified atom stereocenters. The van der Waals surface area contributed by atoms with E-state index in [1.807, 2.05) is 26.8 Å². The average Bonchev–Trinajstić information content (AvgIpc) is 2.94. The summed E-state index contributed by atoms with van der Waals surface area (Å²) in [5, 5.41) is 2.84. The Balaban J connectivity index is 2.07. The molecule has 0 radical (unpaired) electrons. The van der Waals surface area contributed by atoms with Gasteiger partial charge in [-0.15, -0.1) is 0 Å². The highest BCUT2D eigenvalue weighted by Gasteiger charge is 2.33. The fraction of sp³-hybridized carbons (Fsp3) is 0.333. The molecule has 0 heterocycles. The van der Waals surface area contributed by atoms with Gasteiger partial charge in [-0.3, -0.25) is 13.9 Å². The van der Waals surface area contributed by atoms with Crippen LogP contribution in [0.25, 0.3) is 0 Å².